The van der Waals surface area contributed by atoms with E-state index in [1.807, 2.05) is 37.5 Å². The molecule has 1 aliphatic rings. The van der Waals surface area contributed by atoms with E-state index in [-0.39, 0.29) is 29.8 Å². The zero-order valence-electron chi connectivity index (χ0n) is 26.4. The molecule has 230 valence electrons. The number of carbonyl (C=O) groups excluding carboxylic acids is 2. The average Bonchev–Trinajstić information content (AvgIpc) is 3.45. The summed E-state index contributed by atoms with van der Waals surface area (Å²) in [5.74, 6) is 0.368. The zero-order chi connectivity index (χ0) is 31.5. The molecule has 4 heterocycles. The first kappa shape index (κ1) is 30.9. The Morgan fingerprint density at radius 3 is 2.45 bits per heavy atom. The number of allylic oxidation sites excluding steroid dienone is 1. The van der Waals surface area contributed by atoms with Crippen LogP contribution in [0.4, 0.5) is 5.82 Å². The van der Waals surface area contributed by atoms with Crippen LogP contribution in [0.25, 0.3) is 22.0 Å². The second-order valence-electron chi connectivity index (χ2n) is 11.9. The van der Waals surface area contributed by atoms with Crippen molar-refractivity contribution in [3.05, 3.63) is 94.2 Å². The summed E-state index contributed by atoms with van der Waals surface area (Å²) in [5, 5.41) is 3.83. The number of hydrogen-bond donors (Lipinski definition) is 1. The van der Waals surface area contributed by atoms with Crippen LogP contribution in [0.3, 0.4) is 0 Å². The van der Waals surface area contributed by atoms with Crippen LogP contribution in [0.2, 0.25) is 0 Å². The van der Waals surface area contributed by atoms with Crippen LogP contribution in [-0.4, -0.2) is 64.1 Å². The molecule has 0 bridgehead atoms. The maximum Gasteiger partial charge on any atom is 0.254 e. The summed E-state index contributed by atoms with van der Waals surface area (Å²) in [6.45, 7) is 15.5. The van der Waals surface area contributed by atoms with E-state index < -0.39 is 0 Å². The minimum atomic E-state index is -0.296. The van der Waals surface area contributed by atoms with Gasteiger partial charge in [0.05, 0.1) is 0 Å². The summed E-state index contributed by atoms with van der Waals surface area (Å²) in [6.07, 6.45) is 6.38. The molecule has 0 aliphatic carbocycles. The molecule has 0 unspecified atom stereocenters. The van der Waals surface area contributed by atoms with Crippen LogP contribution in [-0.2, 0) is 13.0 Å². The average molecular weight is 595 g/mol. The topological polar surface area (TPSA) is 92.5 Å². The Morgan fingerprint density at radius 2 is 1.82 bits per heavy atom. The number of amides is 1. The van der Waals surface area contributed by atoms with E-state index in [0.717, 1.165) is 60.4 Å². The van der Waals surface area contributed by atoms with Crippen LogP contribution < -0.4 is 15.6 Å². The molecule has 44 heavy (non-hydrogen) atoms. The van der Waals surface area contributed by atoms with E-state index in [4.69, 9.17) is 4.98 Å². The fraction of sp³-hybridized carbons (Fsp3) is 0.371. The molecule has 3 aromatic heterocycles. The van der Waals surface area contributed by atoms with E-state index in [1.165, 1.54) is 16.7 Å². The number of carbonyl (C=O) groups is 2. The van der Waals surface area contributed by atoms with Crippen molar-refractivity contribution in [3.8, 4) is 11.1 Å². The number of nitrogens with one attached hydrogen (secondary N) is 1. The van der Waals surface area contributed by atoms with Gasteiger partial charge >= 0.3 is 0 Å². The maximum absolute atomic E-state index is 13.9. The lowest BCUT2D eigenvalue weighted by Crippen LogP contribution is -2.44. The SMILES string of the molecule is C=CC(=O)n1c(C)cc(=O)c(CNC(=O)c2cc(-c3ccc(N4CCN(C)CC4)nc3)cc3c2ccn3C(C)C)c1CCC. The quantitative estimate of drug-likeness (QED) is 0.268. The van der Waals surface area contributed by atoms with E-state index in [2.05, 4.69) is 59.3 Å². The number of rotatable bonds is 9. The zero-order valence-corrected chi connectivity index (χ0v) is 26.4. The fourth-order valence-corrected chi connectivity index (χ4v) is 6.03. The van der Waals surface area contributed by atoms with Gasteiger partial charge in [0.2, 0.25) is 0 Å². The summed E-state index contributed by atoms with van der Waals surface area (Å²) in [5.41, 5.74) is 4.66. The number of likely N-dealkylation sites (N-methyl/N-ethyl adjacent to an activating group) is 1. The number of benzene rings is 1. The number of pyridine rings is 2. The lowest BCUT2D eigenvalue weighted by molar-refractivity contribution is 0.0951. The number of anilines is 1. The molecule has 1 aromatic carbocycles. The van der Waals surface area contributed by atoms with Crippen molar-refractivity contribution in [2.45, 2.75) is 53.1 Å². The summed E-state index contributed by atoms with van der Waals surface area (Å²) in [7, 11) is 2.13. The Balaban J connectivity index is 1.50. The first-order chi connectivity index (χ1) is 21.1. The second-order valence-corrected chi connectivity index (χ2v) is 11.9. The van der Waals surface area contributed by atoms with Gasteiger partial charge < -0.3 is 19.7 Å². The normalized spacial score (nSPS) is 13.9. The van der Waals surface area contributed by atoms with Crippen LogP contribution in [0, 0.1) is 6.92 Å². The number of hydrogen-bond acceptors (Lipinski definition) is 6. The number of fused-ring (bicyclic) bond motifs is 1. The predicted octanol–water partition coefficient (Wildman–Crippen LogP) is 5.21. The van der Waals surface area contributed by atoms with E-state index in [1.54, 1.807) is 6.92 Å². The van der Waals surface area contributed by atoms with Gasteiger partial charge in [0.1, 0.15) is 5.82 Å². The number of piperazine rings is 1. The van der Waals surface area contributed by atoms with Crippen molar-refractivity contribution in [1.29, 1.82) is 0 Å². The van der Waals surface area contributed by atoms with Crippen molar-refractivity contribution >= 4 is 28.5 Å². The molecule has 1 fully saturated rings. The number of aromatic nitrogens is 3. The molecule has 4 aromatic rings. The molecule has 0 atom stereocenters. The third-order valence-electron chi connectivity index (χ3n) is 8.46. The third-order valence-corrected chi connectivity index (χ3v) is 8.46. The standard InChI is InChI=1S/C35H42N6O3/c1-7-9-30-29(32(42)18-24(5)41(30)34(43)8-2)22-37-35(44)28-19-26(20-31-27(28)12-13-40(31)23(3)4)25-10-11-33(36-21-25)39-16-14-38(6)15-17-39/h8,10-13,18-21,23H,2,7,9,14-17,22H2,1,3-6H3,(H,37,44). The number of nitrogens with zero attached hydrogens (tertiary/aromatic N) is 5. The molecule has 0 radical (unpaired) electrons. The summed E-state index contributed by atoms with van der Waals surface area (Å²) in [6, 6.07) is 11.7. The van der Waals surface area contributed by atoms with Crippen molar-refractivity contribution in [2.75, 3.05) is 38.1 Å². The molecular weight excluding hydrogens is 552 g/mol. The minimum Gasteiger partial charge on any atom is -0.354 e. The van der Waals surface area contributed by atoms with Crippen molar-refractivity contribution in [1.82, 2.24) is 24.3 Å². The van der Waals surface area contributed by atoms with Crippen LogP contribution in [0.15, 0.2) is 66.2 Å². The van der Waals surface area contributed by atoms with Crippen LogP contribution in [0.1, 0.15) is 65.3 Å². The van der Waals surface area contributed by atoms with Gasteiger partial charge in [0.15, 0.2) is 5.43 Å². The second kappa shape index (κ2) is 13.0. The maximum atomic E-state index is 13.9. The van der Waals surface area contributed by atoms with Gasteiger partial charge in [-0.3, -0.25) is 19.0 Å². The molecule has 0 saturated carbocycles. The first-order valence-corrected chi connectivity index (χ1v) is 15.4. The van der Waals surface area contributed by atoms with Gasteiger partial charge in [-0.25, -0.2) is 4.98 Å². The van der Waals surface area contributed by atoms with Crippen molar-refractivity contribution < 1.29 is 9.59 Å². The molecule has 1 saturated heterocycles. The molecule has 1 N–H and O–H groups in total. The van der Waals surface area contributed by atoms with Gasteiger partial charge in [0, 0.05) is 96.2 Å². The highest BCUT2D eigenvalue weighted by Crippen LogP contribution is 2.31. The largest absolute Gasteiger partial charge is 0.354 e. The van der Waals surface area contributed by atoms with E-state index in [0.29, 0.717) is 28.9 Å². The molecule has 9 heteroatoms. The Hall–Kier alpha value is -4.50. The Kier molecular flexibility index (Phi) is 9.15. The highest BCUT2D eigenvalue weighted by molar-refractivity contribution is 6.08. The molecule has 1 aliphatic heterocycles. The highest BCUT2D eigenvalue weighted by atomic mass is 16.2. The van der Waals surface area contributed by atoms with Gasteiger partial charge in [0.25, 0.3) is 11.8 Å². The lowest BCUT2D eigenvalue weighted by atomic mass is 10.00. The van der Waals surface area contributed by atoms with Gasteiger partial charge in [-0.05, 0) is 76.2 Å². The lowest BCUT2D eigenvalue weighted by Gasteiger charge is -2.33. The van der Waals surface area contributed by atoms with E-state index >= 15 is 0 Å². The smallest absolute Gasteiger partial charge is 0.254 e. The fourth-order valence-electron chi connectivity index (χ4n) is 6.03. The van der Waals surface area contributed by atoms with Crippen LogP contribution in [0.5, 0.6) is 0 Å². The first-order valence-electron chi connectivity index (χ1n) is 15.4. The predicted molar refractivity (Wildman–Crippen MR) is 177 cm³/mol. The van der Waals surface area contributed by atoms with Crippen molar-refractivity contribution in [3.63, 3.8) is 0 Å². The molecule has 1 amide bonds. The summed E-state index contributed by atoms with van der Waals surface area (Å²) in [4.78, 5) is 49.1. The molecule has 0 spiro atoms. The Labute approximate surface area is 258 Å². The number of aryl methyl sites for hydroxylation is 1. The van der Waals surface area contributed by atoms with Gasteiger partial charge in [-0.15, -0.1) is 0 Å². The molecule has 9 nitrogen and oxygen atoms in total. The Bertz CT molecular complexity index is 1760. The summed E-state index contributed by atoms with van der Waals surface area (Å²) >= 11 is 0. The van der Waals surface area contributed by atoms with Crippen molar-refractivity contribution in [2.24, 2.45) is 0 Å². The Morgan fingerprint density at radius 1 is 1.07 bits per heavy atom. The molecule has 5 rings (SSSR count). The van der Waals surface area contributed by atoms with E-state index in [9.17, 15) is 14.4 Å². The third kappa shape index (κ3) is 6.10. The highest BCUT2D eigenvalue weighted by Gasteiger charge is 2.21. The van der Waals surface area contributed by atoms with Gasteiger partial charge in [-0.2, -0.15) is 0 Å². The summed E-state index contributed by atoms with van der Waals surface area (Å²) < 4.78 is 3.68. The monoisotopic (exact) mass is 594 g/mol. The van der Waals surface area contributed by atoms with Crippen LogP contribution >= 0.6 is 0 Å². The molecular formula is C35H42N6O3. The van der Waals surface area contributed by atoms with Gasteiger partial charge in [-0.1, -0.05) is 19.9 Å². The minimum absolute atomic E-state index is 0.00951.